The number of rotatable bonds is 7. The van der Waals surface area contributed by atoms with Crippen LogP contribution in [0.4, 0.5) is 0 Å². The fourth-order valence-corrected chi connectivity index (χ4v) is 2.83. The van der Waals surface area contributed by atoms with Crippen molar-refractivity contribution in [2.75, 3.05) is 13.6 Å². The van der Waals surface area contributed by atoms with E-state index in [0.717, 1.165) is 37.6 Å². The SMILES string of the molecule is CCNCc1ccc(CN(C)Cc2scnc2C)nc1. The zero-order valence-electron chi connectivity index (χ0n) is 12.4. The summed E-state index contributed by atoms with van der Waals surface area (Å²) in [5.41, 5.74) is 5.38. The molecule has 1 N–H and O–H groups in total. The zero-order valence-corrected chi connectivity index (χ0v) is 13.2. The van der Waals surface area contributed by atoms with Gasteiger partial charge in [0.15, 0.2) is 0 Å². The normalized spacial score (nSPS) is 11.2. The Morgan fingerprint density at radius 3 is 2.70 bits per heavy atom. The van der Waals surface area contributed by atoms with Crippen LogP contribution in [0, 0.1) is 6.92 Å². The molecular weight excluding hydrogens is 268 g/mol. The van der Waals surface area contributed by atoms with Crippen LogP contribution in [0.1, 0.15) is 28.8 Å². The van der Waals surface area contributed by atoms with Crippen molar-refractivity contribution in [3.05, 3.63) is 45.7 Å². The second-order valence-electron chi connectivity index (χ2n) is 4.97. The summed E-state index contributed by atoms with van der Waals surface area (Å²) in [6.07, 6.45) is 1.96. The molecule has 2 aromatic rings. The van der Waals surface area contributed by atoms with Crippen LogP contribution in [-0.2, 0) is 19.6 Å². The van der Waals surface area contributed by atoms with Crippen LogP contribution in [0.25, 0.3) is 0 Å². The average molecular weight is 290 g/mol. The number of nitrogens with one attached hydrogen (secondary N) is 1. The lowest BCUT2D eigenvalue weighted by Gasteiger charge is -2.15. The molecule has 0 bridgehead atoms. The van der Waals surface area contributed by atoms with E-state index in [9.17, 15) is 0 Å². The van der Waals surface area contributed by atoms with Crippen molar-refractivity contribution in [3.8, 4) is 0 Å². The van der Waals surface area contributed by atoms with Crippen molar-refractivity contribution in [1.29, 1.82) is 0 Å². The Hall–Kier alpha value is -1.30. The molecule has 20 heavy (non-hydrogen) atoms. The summed E-state index contributed by atoms with van der Waals surface area (Å²) in [6.45, 7) is 7.83. The van der Waals surface area contributed by atoms with Crippen LogP contribution >= 0.6 is 11.3 Å². The average Bonchev–Trinajstić information content (AvgIpc) is 2.83. The number of nitrogens with zero attached hydrogens (tertiary/aromatic N) is 3. The fourth-order valence-electron chi connectivity index (χ4n) is 1.98. The van der Waals surface area contributed by atoms with Gasteiger partial charge in [-0.2, -0.15) is 0 Å². The van der Waals surface area contributed by atoms with Gasteiger partial charge in [-0.15, -0.1) is 11.3 Å². The molecule has 0 unspecified atom stereocenters. The third kappa shape index (κ3) is 4.37. The predicted molar refractivity (Wildman–Crippen MR) is 83.6 cm³/mol. The first-order chi connectivity index (χ1) is 9.69. The highest BCUT2D eigenvalue weighted by molar-refractivity contribution is 7.09. The maximum Gasteiger partial charge on any atom is 0.0798 e. The Balaban J connectivity index is 1.87. The molecule has 0 radical (unpaired) electrons. The first-order valence-corrected chi connectivity index (χ1v) is 7.79. The number of aromatic nitrogens is 2. The third-order valence-corrected chi connectivity index (χ3v) is 4.08. The highest BCUT2D eigenvalue weighted by Crippen LogP contribution is 2.15. The van der Waals surface area contributed by atoms with Gasteiger partial charge in [-0.3, -0.25) is 9.88 Å². The highest BCUT2D eigenvalue weighted by atomic mass is 32.1. The van der Waals surface area contributed by atoms with Gasteiger partial charge in [0.25, 0.3) is 0 Å². The van der Waals surface area contributed by atoms with Gasteiger partial charge in [0.05, 0.1) is 16.9 Å². The second kappa shape index (κ2) is 7.47. The summed E-state index contributed by atoms with van der Waals surface area (Å²) in [5.74, 6) is 0. The molecule has 0 aromatic carbocycles. The monoisotopic (exact) mass is 290 g/mol. The molecule has 0 saturated heterocycles. The maximum absolute atomic E-state index is 4.53. The molecule has 2 aromatic heterocycles. The van der Waals surface area contributed by atoms with Crippen molar-refractivity contribution >= 4 is 11.3 Å². The predicted octanol–water partition coefficient (Wildman–Crippen LogP) is 2.59. The minimum Gasteiger partial charge on any atom is -0.313 e. The number of thiazole rings is 1. The summed E-state index contributed by atoms with van der Waals surface area (Å²) in [7, 11) is 2.12. The summed E-state index contributed by atoms with van der Waals surface area (Å²) in [6, 6.07) is 4.26. The van der Waals surface area contributed by atoms with Crippen molar-refractivity contribution in [3.63, 3.8) is 0 Å². The van der Waals surface area contributed by atoms with Crippen molar-refractivity contribution in [1.82, 2.24) is 20.2 Å². The van der Waals surface area contributed by atoms with Gasteiger partial charge >= 0.3 is 0 Å². The Bertz CT molecular complexity index is 521. The molecule has 0 fully saturated rings. The molecule has 0 saturated carbocycles. The van der Waals surface area contributed by atoms with E-state index >= 15 is 0 Å². The van der Waals surface area contributed by atoms with Gasteiger partial charge in [0.2, 0.25) is 0 Å². The van der Waals surface area contributed by atoms with E-state index in [1.165, 1.54) is 10.4 Å². The first-order valence-electron chi connectivity index (χ1n) is 6.91. The lowest BCUT2D eigenvalue weighted by molar-refractivity contribution is 0.317. The minimum absolute atomic E-state index is 0.860. The Kier molecular flexibility index (Phi) is 5.64. The van der Waals surface area contributed by atoms with E-state index in [2.05, 4.69) is 53.2 Å². The molecule has 2 heterocycles. The van der Waals surface area contributed by atoms with E-state index in [-0.39, 0.29) is 0 Å². The highest BCUT2D eigenvalue weighted by Gasteiger charge is 2.07. The van der Waals surface area contributed by atoms with Gasteiger partial charge in [0, 0.05) is 30.7 Å². The summed E-state index contributed by atoms with van der Waals surface area (Å²) in [4.78, 5) is 12.4. The smallest absolute Gasteiger partial charge is 0.0798 e. The zero-order chi connectivity index (χ0) is 14.4. The van der Waals surface area contributed by atoms with Gasteiger partial charge < -0.3 is 5.32 Å². The molecule has 108 valence electrons. The number of hydrogen-bond acceptors (Lipinski definition) is 5. The van der Waals surface area contributed by atoms with Gasteiger partial charge in [0.1, 0.15) is 0 Å². The quantitative estimate of drug-likeness (QED) is 0.851. The minimum atomic E-state index is 0.860. The van der Waals surface area contributed by atoms with E-state index in [1.54, 1.807) is 11.3 Å². The molecule has 0 amide bonds. The number of hydrogen-bond donors (Lipinski definition) is 1. The largest absolute Gasteiger partial charge is 0.313 e. The molecule has 0 aliphatic heterocycles. The number of pyridine rings is 1. The van der Waals surface area contributed by atoms with Crippen molar-refractivity contribution < 1.29 is 0 Å². The first kappa shape index (κ1) is 15.1. The fraction of sp³-hybridized carbons (Fsp3) is 0.467. The van der Waals surface area contributed by atoms with Crippen LogP contribution in [0.2, 0.25) is 0 Å². The number of aryl methyl sites for hydroxylation is 1. The topological polar surface area (TPSA) is 41.0 Å². The van der Waals surface area contributed by atoms with Crippen LogP contribution in [0.5, 0.6) is 0 Å². The van der Waals surface area contributed by atoms with Crippen LogP contribution in [0.3, 0.4) is 0 Å². The molecule has 2 rings (SSSR count). The van der Waals surface area contributed by atoms with Gasteiger partial charge in [-0.1, -0.05) is 13.0 Å². The van der Waals surface area contributed by atoms with E-state index in [0.29, 0.717) is 0 Å². The Morgan fingerprint density at radius 1 is 1.25 bits per heavy atom. The van der Waals surface area contributed by atoms with E-state index < -0.39 is 0 Å². The Morgan fingerprint density at radius 2 is 2.10 bits per heavy atom. The van der Waals surface area contributed by atoms with Gasteiger partial charge in [-0.25, -0.2) is 4.98 Å². The molecular formula is C15H22N4S. The standard InChI is InChI=1S/C15H22N4S/c1-4-16-7-13-5-6-14(17-8-13)9-19(3)10-15-12(2)18-11-20-15/h5-6,8,11,16H,4,7,9-10H2,1-3H3. The van der Waals surface area contributed by atoms with Crippen LogP contribution < -0.4 is 5.32 Å². The van der Waals surface area contributed by atoms with E-state index in [1.807, 2.05) is 11.7 Å². The van der Waals surface area contributed by atoms with Crippen LogP contribution in [-0.4, -0.2) is 28.5 Å². The summed E-state index contributed by atoms with van der Waals surface area (Å²) < 4.78 is 0. The molecule has 0 aliphatic carbocycles. The molecule has 0 aliphatic rings. The molecule has 0 atom stereocenters. The Labute approximate surface area is 124 Å². The molecule has 0 spiro atoms. The van der Waals surface area contributed by atoms with Gasteiger partial charge in [-0.05, 0) is 32.1 Å². The summed E-state index contributed by atoms with van der Waals surface area (Å²) in [5, 5.41) is 3.30. The lowest BCUT2D eigenvalue weighted by atomic mass is 10.2. The van der Waals surface area contributed by atoms with E-state index in [4.69, 9.17) is 0 Å². The van der Waals surface area contributed by atoms with Crippen LogP contribution in [0.15, 0.2) is 23.8 Å². The maximum atomic E-state index is 4.53. The molecule has 5 heteroatoms. The van der Waals surface area contributed by atoms with Crippen molar-refractivity contribution in [2.24, 2.45) is 0 Å². The van der Waals surface area contributed by atoms with Crippen molar-refractivity contribution in [2.45, 2.75) is 33.5 Å². The lowest BCUT2D eigenvalue weighted by Crippen LogP contribution is -2.18. The third-order valence-electron chi connectivity index (χ3n) is 3.16. The summed E-state index contributed by atoms with van der Waals surface area (Å²) >= 11 is 1.72. The second-order valence-corrected chi connectivity index (χ2v) is 5.91. The molecule has 4 nitrogen and oxygen atoms in total.